The molecule has 0 saturated carbocycles. The molecular formula is C18H14F3NO. The number of rotatable bonds is 3. The van der Waals surface area contributed by atoms with Crippen molar-refractivity contribution in [1.82, 2.24) is 4.90 Å². The fourth-order valence-corrected chi connectivity index (χ4v) is 2.56. The highest BCUT2D eigenvalue weighted by Crippen LogP contribution is 2.29. The Balaban J connectivity index is 1.70. The van der Waals surface area contributed by atoms with Crippen molar-refractivity contribution in [1.29, 1.82) is 0 Å². The van der Waals surface area contributed by atoms with Gasteiger partial charge in [0.05, 0.1) is 5.56 Å². The van der Waals surface area contributed by atoms with Gasteiger partial charge in [0.15, 0.2) is 0 Å². The van der Waals surface area contributed by atoms with Gasteiger partial charge in [-0.1, -0.05) is 48.5 Å². The fraction of sp³-hybridized carbons (Fsp3) is 0.167. The van der Waals surface area contributed by atoms with E-state index >= 15 is 0 Å². The average Bonchev–Trinajstić information content (AvgIpc) is 2.89. The molecule has 0 unspecified atom stereocenters. The number of nitrogens with zero attached hydrogens (tertiary/aromatic N) is 1. The molecule has 0 saturated heterocycles. The Morgan fingerprint density at radius 2 is 1.61 bits per heavy atom. The summed E-state index contributed by atoms with van der Waals surface area (Å²) in [6.45, 7) is 0.758. The Hall–Kier alpha value is -2.56. The second-order valence-electron chi connectivity index (χ2n) is 5.36. The number of carbonyl (C=O) groups is 1. The molecule has 0 bridgehead atoms. The van der Waals surface area contributed by atoms with Gasteiger partial charge in [-0.15, -0.1) is 0 Å². The van der Waals surface area contributed by atoms with Gasteiger partial charge >= 0.3 is 6.18 Å². The van der Waals surface area contributed by atoms with E-state index in [1.807, 2.05) is 36.4 Å². The van der Waals surface area contributed by atoms with Crippen LogP contribution in [0.2, 0.25) is 0 Å². The van der Waals surface area contributed by atoms with Crippen LogP contribution in [0.15, 0.2) is 60.7 Å². The van der Waals surface area contributed by atoms with Crippen molar-refractivity contribution in [3.8, 4) is 0 Å². The standard InChI is InChI=1S/C18H14F3NO/c19-18(20,21)15-8-6-13(7-9-15)12-22-11-10-16(17(22)23)14-4-2-1-3-5-14/h1-10H,11-12H2. The third kappa shape index (κ3) is 3.28. The second kappa shape index (κ2) is 5.91. The zero-order valence-electron chi connectivity index (χ0n) is 12.2. The maximum Gasteiger partial charge on any atom is 0.416 e. The van der Waals surface area contributed by atoms with Crippen molar-refractivity contribution in [2.45, 2.75) is 12.7 Å². The zero-order valence-corrected chi connectivity index (χ0v) is 12.2. The van der Waals surface area contributed by atoms with E-state index in [9.17, 15) is 18.0 Å². The molecule has 2 aromatic carbocycles. The van der Waals surface area contributed by atoms with E-state index in [2.05, 4.69) is 0 Å². The van der Waals surface area contributed by atoms with Crippen LogP contribution in [0.4, 0.5) is 13.2 Å². The Kier molecular flexibility index (Phi) is 3.94. The first-order valence-corrected chi connectivity index (χ1v) is 7.16. The largest absolute Gasteiger partial charge is 0.416 e. The first-order valence-electron chi connectivity index (χ1n) is 7.16. The average molecular weight is 317 g/mol. The third-order valence-corrected chi connectivity index (χ3v) is 3.77. The quantitative estimate of drug-likeness (QED) is 0.833. The summed E-state index contributed by atoms with van der Waals surface area (Å²) >= 11 is 0. The molecule has 1 heterocycles. The smallest absolute Gasteiger partial charge is 0.331 e. The molecule has 0 aliphatic carbocycles. The number of alkyl halides is 3. The van der Waals surface area contributed by atoms with E-state index < -0.39 is 11.7 Å². The molecule has 1 aliphatic rings. The van der Waals surface area contributed by atoms with Gasteiger partial charge in [0, 0.05) is 18.7 Å². The minimum atomic E-state index is -4.34. The molecule has 1 aliphatic heterocycles. The molecule has 118 valence electrons. The summed E-state index contributed by atoms with van der Waals surface area (Å²) in [4.78, 5) is 14.0. The molecule has 1 amide bonds. The lowest BCUT2D eigenvalue weighted by Gasteiger charge is -2.17. The highest BCUT2D eigenvalue weighted by molar-refractivity contribution is 6.21. The van der Waals surface area contributed by atoms with Crippen molar-refractivity contribution < 1.29 is 18.0 Å². The lowest BCUT2D eigenvalue weighted by molar-refractivity contribution is -0.137. The molecular weight excluding hydrogens is 303 g/mol. The molecule has 2 aromatic rings. The van der Waals surface area contributed by atoms with Crippen LogP contribution >= 0.6 is 0 Å². The summed E-state index contributed by atoms with van der Waals surface area (Å²) in [5.74, 6) is -0.101. The monoisotopic (exact) mass is 317 g/mol. The molecule has 0 atom stereocenters. The minimum absolute atomic E-state index is 0.101. The van der Waals surface area contributed by atoms with Gasteiger partial charge in [-0.05, 0) is 23.3 Å². The van der Waals surface area contributed by atoms with Crippen molar-refractivity contribution in [3.63, 3.8) is 0 Å². The maximum absolute atomic E-state index is 12.6. The van der Waals surface area contributed by atoms with E-state index in [1.54, 1.807) is 4.90 Å². The van der Waals surface area contributed by atoms with Crippen LogP contribution in [0.5, 0.6) is 0 Å². The number of benzene rings is 2. The molecule has 0 fully saturated rings. The number of hydrogen-bond acceptors (Lipinski definition) is 1. The van der Waals surface area contributed by atoms with Crippen LogP contribution in [-0.4, -0.2) is 17.4 Å². The normalized spacial score (nSPS) is 15.0. The van der Waals surface area contributed by atoms with Crippen LogP contribution in [0, 0.1) is 0 Å². The summed E-state index contributed by atoms with van der Waals surface area (Å²) < 4.78 is 37.7. The first-order chi connectivity index (χ1) is 10.9. The van der Waals surface area contributed by atoms with Crippen molar-refractivity contribution >= 4 is 11.5 Å². The van der Waals surface area contributed by atoms with Crippen LogP contribution in [0.25, 0.3) is 5.57 Å². The predicted molar refractivity (Wildman–Crippen MR) is 81.3 cm³/mol. The molecule has 0 radical (unpaired) electrons. The number of carbonyl (C=O) groups excluding carboxylic acids is 1. The van der Waals surface area contributed by atoms with Gasteiger partial charge in [-0.25, -0.2) is 0 Å². The highest BCUT2D eigenvalue weighted by Gasteiger charge is 2.30. The van der Waals surface area contributed by atoms with Gasteiger partial charge in [-0.3, -0.25) is 4.79 Å². The highest BCUT2D eigenvalue weighted by atomic mass is 19.4. The molecule has 0 aromatic heterocycles. The minimum Gasteiger partial charge on any atom is -0.331 e. The molecule has 0 N–H and O–H groups in total. The Morgan fingerprint density at radius 1 is 0.957 bits per heavy atom. The van der Waals surface area contributed by atoms with Gasteiger partial charge in [-0.2, -0.15) is 13.2 Å². The lowest BCUT2D eigenvalue weighted by atomic mass is 10.1. The number of amides is 1. The van der Waals surface area contributed by atoms with E-state index in [4.69, 9.17) is 0 Å². The van der Waals surface area contributed by atoms with Crippen LogP contribution < -0.4 is 0 Å². The maximum atomic E-state index is 12.6. The first kappa shape index (κ1) is 15.3. The van der Waals surface area contributed by atoms with Crippen LogP contribution in [0.1, 0.15) is 16.7 Å². The number of halogens is 3. The van der Waals surface area contributed by atoms with E-state index in [1.165, 1.54) is 12.1 Å². The second-order valence-corrected chi connectivity index (χ2v) is 5.36. The van der Waals surface area contributed by atoms with Gasteiger partial charge < -0.3 is 4.90 Å². The molecule has 2 nitrogen and oxygen atoms in total. The van der Waals surface area contributed by atoms with Crippen LogP contribution in [-0.2, 0) is 17.5 Å². The Bertz CT molecular complexity index is 733. The van der Waals surface area contributed by atoms with Gasteiger partial charge in [0.2, 0.25) is 0 Å². The Morgan fingerprint density at radius 3 is 2.22 bits per heavy atom. The van der Waals surface area contributed by atoms with Crippen LogP contribution in [0.3, 0.4) is 0 Å². The molecule has 3 rings (SSSR count). The summed E-state index contributed by atoms with van der Waals surface area (Å²) in [5, 5.41) is 0. The SMILES string of the molecule is O=C1C(c2ccccc2)=CCN1Cc1ccc(C(F)(F)F)cc1. The Labute approximate surface area is 131 Å². The predicted octanol–water partition coefficient (Wildman–Crippen LogP) is 4.13. The zero-order chi connectivity index (χ0) is 16.4. The van der Waals surface area contributed by atoms with E-state index in [0.717, 1.165) is 17.7 Å². The topological polar surface area (TPSA) is 20.3 Å². The van der Waals surface area contributed by atoms with Gasteiger partial charge in [0.25, 0.3) is 5.91 Å². The molecule has 23 heavy (non-hydrogen) atoms. The van der Waals surface area contributed by atoms with Crippen molar-refractivity contribution in [3.05, 3.63) is 77.4 Å². The molecule has 5 heteroatoms. The van der Waals surface area contributed by atoms with Gasteiger partial charge in [0.1, 0.15) is 0 Å². The fourth-order valence-electron chi connectivity index (χ4n) is 2.56. The van der Waals surface area contributed by atoms with Crippen molar-refractivity contribution in [2.24, 2.45) is 0 Å². The third-order valence-electron chi connectivity index (χ3n) is 3.77. The van der Waals surface area contributed by atoms with Crippen molar-refractivity contribution in [2.75, 3.05) is 6.54 Å². The number of hydrogen-bond donors (Lipinski definition) is 0. The van der Waals surface area contributed by atoms with E-state index in [0.29, 0.717) is 24.2 Å². The summed E-state index contributed by atoms with van der Waals surface area (Å²) in [6.07, 6.45) is -2.49. The summed E-state index contributed by atoms with van der Waals surface area (Å²) in [5.41, 5.74) is 1.48. The van der Waals surface area contributed by atoms with E-state index in [-0.39, 0.29) is 5.91 Å². The summed E-state index contributed by atoms with van der Waals surface area (Å²) in [7, 11) is 0. The molecule has 0 spiro atoms. The lowest BCUT2D eigenvalue weighted by Crippen LogP contribution is -2.26. The summed E-state index contributed by atoms with van der Waals surface area (Å²) in [6, 6.07) is 14.3.